The number of nitrogens with zero attached hydrogens (tertiary/aromatic N) is 1. The third-order valence-corrected chi connectivity index (χ3v) is 25.8. The number of nitrogens with two attached hydrogens (primary N) is 1. The van der Waals surface area contributed by atoms with Gasteiger partial charge in [0.1, 0.15) is 26.9 Å². The topological polar surface area (TPSA) is 96.7 Å². The third kappa shape index (κ3) is 29.0. The van der Waals surface area contributed by atoms with E-state index in [1.807, 2.05) is 0 Å². The first kappa shape index (κ1) is 114. The van der Waals surface area contributed by atoms with Gasteiger partial charge in [-0.2, -0.15) is 107 Å². The fourth-order valence-electron chi connectivity index (χ4n) is 14.3. The number of rotatable bonds is 1. The largest absolute Gasteiger partial charge is 3.00 e. The first-order valence-corrected chi connectivity index (χ1v) is 33.2. The van der Waals surface area contributed by atoms with Gasteiger partial charge in [0, 0.05) is 25.2 Å². The molecular weight excluding hydrogens is 1330 g/mol. The van der Waals surface area contributed by atoms with E-state index < -0.39 is 0 Å². The van der Waals surface area contributed by atoms with Gasteiger partial charge in [-0.05, 0) is 53.3 Å². The number of aryl methyl sites for hydroxylation is 6. The Bertz CT molecular complexity index is 2250. The predicted octanol–water partition coefficient (Wildman–Crippen LogP) is 22.9. The monoisotopic (exact) mass is 1470 g/mol. The molecule has 0 bridgehead atoms. The maximum Gasteiger partial charge on any atom is 3.00 e. The first-order chi connectivity index (χ1) is 37.5. The van der Waals surface area contributed by atoms with Crippen molar-refractivity contribution >= 4 is 76.6 Å². The Kier molecular flexibility index (Phi) is 63.3. The van der Waals surface area contributed by atoms with Gasteiger partial charge in [0.05, 0.1) is 5.58 Å². The van der Waals surface area contributed by atoms with Crippen LogP contribution in [-0.4, -0.2) is 82.4 Å². The van der Waals surface area contributed by atoms with Crippen molar-refractivity contribution in [3.63, 3.8) is 0 Å². The Hall–Kier alpha value is 0.816. The van der Waals surface area contributed by atoms with E-state index in [0.717, 1.165) is 35.6 Å². The van der Waals surface area contributed by atoms with Gasteiger partial charge >= 0.3 is 98.1 Å². The average molecular weight is 1470 g/mol. The van der Waals surface area contributed by atoms with Crippen molar-refractivity contribution in [1.29, 1.82) is 0 Å². The Balaban J connectivity index is -0.000000108. The summed E-state index contributed by atoms with van der Waals surface area (Å²) in [6, 6.07) is 10.1. The summed E-state index contributed by atoms with van der Waals surface area (Å²) in [5.74, 6) is 10.0. The van der Waals surface area contributed by atoms with Gasteiger partial charge in [0.25, 0.3) is 0 Å². The molecule has 12 atom stereocenters. The summed E-state index contributed by atoms with van der Waals surface area (Å²) in [4.78, 5) is 12.3. The molecule has 0 saturated carbocycles. The smallest absolute Gasteiger partial charge is 0.827 e. The van der Waals surface area contributed by atoms with Crippen LogP contribution in [0.1, 0.15) is 194 Å². The van der Waals surface area contributed by atoms with E-state index in [0.29, 0.717) is 96.9 Å². The fourth-order valence-corrected chi connectivity index (χ4v) is 14.3. The summed E-state index contributed by atoms with van der Waals surface area (Å²) < 4.78 is 0. The Morgan fingerprint density at radius 1 is 0.348 bits per heavy atom. The maximum absolute atomic E-state index is 12.3. The van der Waals surface area contributed by atoms with Crippen molar-refractivity contribution in [2.24, 2.45) is 53.3 Å². The van der Waals surface area contributed by atoms with Crippen molar-refractivity contribution < 1.29 is 103 Å². The molecule has 92 heavy (non-hydrogen) atoms. The van der Waals surface area contributed by atoms with Crippen molar-refractivity contribution in [3.8, 4) is 0 Å². The summed E-state index contributed by atoms with van der Waals surface area (Å²) in [7, 11) is 0. The van der Waals surface area contributed by atoms with Crippen LogP contribution >= 0.6 is 0 Å². The van der Waals surface area contributed by atoms with Gasteiger partial charge in [-0.15, -0.1) is 0 Å². The van der Waals surface area contributed by atoms with Gasteiger partial charge in [-0.3, -0.25) is 5.51 Å². The molecule has 3 aromatic rings. The molecule has 3 fully saturated rings. The first-order valence-electron chi connectivity index (χ1n) is 33.2. The summed E-state index contributed by atoms with van der Waals surface area (Å²) in [6.45, 7) is 82.7. The Morgan fingerprint density at radius 2 is 0.543 bits per heavy atom. The summed E-state index contributed by atoms with van der Waals surface area (Å²) in [5, 5.41) is 10.3. The molecule has 3 aliphatic heterocycles. The molecule has 0 aromatic heterocycles. The van der Waals surface area contributed by atoms with Gasteiger partial charge in [0.2, 0.25) is 13.4 Å². The predicted molar refractivity (Wildman–Crippen MR) is 424 cm³/mol. The van der Waals surface area contributed by atoms with Crippen LogP contribution in [0.25, 0.3) is 17.3 Å². The second-order valence-electron chi connectivity index (χ2n) is 29.1. The van der Waals surface area contributed by atoms with Gasteiger partial charge in [0.15, 0.2) is 0 Å². The molecule has 0 amide bonds. The van der Waals surface area contributed by atoms with E-state index in [4.69, 9.17) is 5.73 Å². The SMILES string of the molecule is CB1C(=O)B(C)C(C)C(C)C(C)C(C)C1C.CB1C(=[N-])B(C)C(C)C(C)C(C)C(C)C1C.CB1C([NH-])B(C)C(C)C(C)C(C)C(C)C1C.CCc1[c-]c(C)c(C)c(C)c1C.Cc1[c-]c(C)c(C)c(C)c1C.Cc1[c-]c(C)c(C)c(C)c1C.[B].[B].[B].[CH3-].[CH3-].[CH3-].[NH2-].[Y+3].[Y+3].[Y+3]. The minimum atomic E-state index is 0. The second-order valence-corrected chi connectivity index (χ2v) is 29.1. The molecule has 6 rings (SSSR count). The average Bonchev–Trinajstić information content (AvgIpc) is 3.46. The molecule has 0 spiro atoms. The summed E-state index contributed by atoms with van der Waals surface area (Å²) in [5.41, 5.74) is 30.0. The maximum atomic E-state index is 12.3. The van der Waals surface area contributed by atoms with E-state index >= 15 is 0 Å². The molecule has 12 unspecified atom stereocenters. The minimum Gasteiger partial charge on any atom is -0.827 e. The molecule has 9 radical (unpaired) electrons. The molecule has 3 N–H and O–H groups in total. The van der Waals surface area contributed by atoms with Crippen LogP contribution in [-0.2, 0) is 105 Å². The van der Waals surface area contributed by atoms with Crippen molar-refractivity contribution in [2.75, 3.05) is 0 Å². The molecule has 0 aliphatic carbocycles. The van der Waals surface area contributed by atoms with E-state index in [2.05, 4.69) is 267 Å². The van der Waals surface area contributed by atoms with Crippen LogP contribution in [0.2, 0.25) is 75.8 Å². The number of hydrogen-bond donors (Lipinski definition) is 0. The molecule has 3 heterocycles. The van der Waals surface area contributed by atoms with Gasteiger partial charge in [-0.1, -0.05) is 290 Å². The zero-order valence-corrected chi connectivity index (χ0v) is 76.3. The summed E-state index contributed by atoms with van der Waals surface area (Å²) >= 11 is 0. The van der Waals surface area contributed by atoms with Crippen LogP contribution in [0.5, 0.6) is 0 Å². The fraction of sp³-hybridized carbons (Fsp3) is 0.697. The van der Waals surface area contributed by atoms with Crippen LogP contribution in [0.15, 0.2) is 0 Å². The van der Waals surface area contributed by atoms with E-state index in [9.17, 15) is 10.2 Å². The normalized spacial score (nSPS) is 26.5. The second kappa shape index (κ2) is 51.0. The number of nitrogens with one attached hydrogen (secondary N) is 1. The number of carbonyl (C=O) groups excluding carboxylic acids is 1. The third-order valence-electron chi connectivity index (χ3n) is 25.8. The molecule has 499 valence electrons. The molecule has 3 aliphatic rings. The standard InChI is InChI=1S/C13H28B2N.C13H26B2N.C13H26B2O.C12H17.2C11H15.3CH3.3B.H2N.3Y/c3*1-8-9(2)11(4)14(6)13(16)15(7)12(5)10(8)3;1-6-12-7-8(2)9(3)10(4)11(12)5;2*1-7-6-8(2)10(4)11(5)9(7)3;;;;;;;;;;/h8-13,16H,1-7H3;2*8-12H,1-7H3;6H2,1-5H3;2*1-5H3;3*1H3;;;;1H2;;;/q2*-1;;6*-1;;;;-1;3*+3. The molecular formula is C76H138B9N3OY3. The Labute approximate surface area is 662 Å². The van der Waals surface area contributed by atoms with E-state index in [1.165, 1.54) is 83.5 Å². The number of hydrogen-bond acceptors (Lipinski definition) is 1. The summed E-state index contributed by atoms with van der Waals surface area (Å²) in [6.07, 6.45) is 1.09. The molecule has 4 nitrogen and oxygen atoms in total. The van der Waals surface area contributed by atoms with E-state index in [1.54, 1.807) is 0 Å². The quantitative estimate of drug-likeness (QED) is 0.176. The molecule has 3 saturated heterocycles. The van der Waals surface area contributed by atoms with Crippen LogP contribution in [0.4, 0.5) is 4.79 Å². The van der Waals surface area contributed by atoms with Crippen LogP contribution in [0.3, 0.4) is 0 Å². The minimum absolute atomic E-state index is 0. The zero-order chi connectivity index (χ0) is 64.3. The zero-order valence-electron chi connectivity index (χ0n) is 67.8. The van der Waals surface area contributed by atoms with Crippen molar-refractivity contribution in [1.82, 2.24) is 0 Å². The molecule has 3 aromatic carbocycles. The van der Waals surface area contributed by atoms with Gasteiger partial charge in [-0.25, -0.2) is 0 Å². The van der Waals surface area contributed by atoms with Crippen LogP contribution in [0, 0.1) is 191 Å². The number of benzene rings is 3. The van der Waals surface area contributed by atoms with Gasteiger partial charge < -0.3 is 44.4 Å². The van der Waals surface area contributed by atoms with Crippen molar-refractivity contribution in [3.05, 3.63) is 141 Å². The Morgan fingerprint density at radius 3 is 0.772 bits per heavy atom. The molecule has 16 heteroatoms. The number of carbonyl (C=O) groups is 1. The van der Waals surface area contributed by atoms with Crippen molar-refractivity contribution in [2.45, 2.75) is 296 Å². The van der Waals surface area contributed by atoms with Crippen LogP contribution < -0.4 is 0 Å². The van der Waals surface area contributed by atoms with E-state index in [-0.39, 0.29) is 171 Å².